The number of nitro benzene ring substituents is 1. The number of hydrogen-bond acceptors (Lipinski definition) is 5. The Morgan fingerprint density at radius 1 is 0.969 bits per heavy atom. The Bertz CT molecular complexity index is 1250. The fraction of sp³-hybridized carbons (Fsp3) is 0.0833. The van der Waals surface area contributed by atoms with Gasteiger partial charge in [0.15, 0.2) is 0 Å². The highest BCUT2D eigenvalue weighted by Gasteiger charge is 2.46. The number of Topliss-reactive ketones (excluding diaryl/α,β-unsaturated/α-hetero) is 1. The number of rotatable bonds is 4. The van der Waals surface area contributed by atoms with E-state index >= 15 is 0 Å². The van der Waals surface area contributed by atoms with Crippen LogP contribution in [0, 0.1) is 22.9 Å². The van der Waals surface area contributed by atoms with Gasteiger partial charge in [-0.25, -0.2) is 4.39 Å². The fourth-order valence-electron chi connectivity index (χ4n) is 3.66. The summed E-state index contributed by atoms with van der Waals surface area (Å²) in [5.74, 6) is -2.71. The first-order chi connectivity index (χ1) is 15.3. The normalized spacial score (nSPS) is 17.6. The third-order valence-corrected chi connectivity index (χ3v) is 5.29. The molecule has 1 heterocycles. The molecule has 1 N–H and O–H groups in total. The Labute approximate surface area is 182 Å². The van der Waals surface area contributed by atoms with Gasteiger partial charge in [0.2, 0.25) is 0 Å². The monoisotopic (exact) mass is 432 g/mol. The van der Waals surface area contributed by atoms with E-state index in [1.165, 1.54) is 53.4 Å². The number of aryl methyl sites for hydroxylation is 1. The molecule has 1 atom stereocenters. The molecule has 1 aliphatic rings. The quantitative estimate of drug-likeness (QED) is 0.212. The molecule has 1 saturated heterocycles. The summed E-state index contributed by atoms with van der Waals surface area (Å²) < 4.78 is 13.6. The van der Waals surface area contributed by atoms with Crippen molar-refractivity contribution in [3.63, 3.8) is 0 Å². The van der Waals surface area contributed by atoms with Crippen molar-refractivity contribution in [1.82, 2.24) is 0 Å². The lowest BCUT2D eigenvalue weighted by Crippen LogP contribution is -2.29. The Morgan fingerprint density at radius 2 is 1.56 bits per heavy atom. The van der Waals surface area contributed by atoms with Gasteiger partial charge in [0.1, 0.15) is 11.6 Å². The minimum absolute atomic E-state index is 0.143. The molecule has 3 aromatic rings. The number of carbonyl (C=O) groups excluding carboxylic acids is 2. The molecule has 7 nitrogen and oxygen atoms in total. The lowest BCUT2D eigenvalue weighted by Gasteiger charge is -2.25. The summed E-state index contributed by atoms with van der Waals surface area (Å²) in [5.41, 5.74) is 1.59. The van der Waals surface area contributed by atoms with Gasteiger partial charge in [0.25, 0.3) is 17.4 Å². The predicted octanol–water partition coefficient (Wildman–Crippen LogP) is 4.67. The summed E-state index contributed by atoms with van der Waals surface area (Å²) in [6.45, 7) is 1.88. The van der Waals surface area contributed by atoms with Gasteiger partial charge in [0.05, 0.1) is 16.5 Å². The Hall–Kier alpha value is -4.33. The molecule has 0 saturated carbocycles. The maximum Gasteiger partial charge on any atom is 0.300 e. The highest BCUT2D eigenvalue weighted by molar-refractivity contribution is 6.51. The molecule has 1 amide bonds. The molecular weight excluding hydrogens is 415 g/mol. The molecular formula is C24H17FN2O5. The first-order valence-corrected chi connectivity index (χ1v) is 9.66. The number of amides is 1. The molecule has 1 aliphatic heterocycles. The van der Waals surface area contributed by atoms with Crippen LogP contribution < -0.4 is 4.90 Å². The number of anilines is 1. The average molecular weight is 432 g/mol. The van der Waals surface area contributed by atoms with Gasteiger partial charge in [-0.15, -0.1) is 0 Å². The highest BCUT2D eigenvalue weighted by Crippen LogP contribution is 2.42. The smallest absolute Gasteiger partial charge is 0.300 e. The second-order valence-corrected chi connectivity index (χ2v) is 7.36. The van der Waals surface area contributed by atoms with Gasteiger partial charge in [-0.2, -0.15) is 0 Å². The Kier molecular flexibility index (Phi) is 5.28. The summed E-state index contributed by atoms with van der Waals surface area (Å²) in [4.78, 5) is 37.6. The lowest BCUT2D eigenvalue weighted by atomic mass is 9.95. The molecule has 0 radical (unpaired) electrons. The molecule has 0 unspecified atom stereocenters. The number of aliphatic hydroxyl groups is 1. The number of carbonyl (C=O) groups is 2. The van der Waals surface area contributed by atoms with E-state index in [0.717, 1.165) is 5.56 Å². The zero-order chi connectivity index (χ0) is 23.0. The van der Waals surface area contributed by atoms with Crippen LogP contribution in [0.1, 0.15) is 22.7 Å². The van der Waals surface area contributed by atoms with Crippen LogP contribution in [0.25, 0.3) is 5.76 Å². The van der Waals surface area contributed by atoms with E-state index in [0.29, 0.717) is 11.3 Å². The minimum Gasteiger partial charge on any atom is -0.507 e. The zero-order valence-corrected chi connectivity index (χ0v) is 16.9. The van der Waals surface area contributed by atoms with Crippen molar-refractivity contribution in [2.75, 3.05) is 4.90 Å². The van der Waals surface area contributed by atoms with Gasteiger partial charge in [-0.1, -0.05) is 29.8 Å². The molecule has 4 rings (SSSR count). The lowest BCUT2D eigenvalue weighted by molar-refractivity contribution is -0.384. The van der Waals surface area contributed by atoms with Gasteiger partial charge in [0, 0.05) is 23.4 Å². The van der Waals surface area contributed by atoms with E-state index in [4.69, 9.17) is 0 Å². The van der Waals surface area contributed by atoms with Crippen LogP contribution in [0.4, 0.5) is 15.8 Å². The second-order valence-electron chi connectivity index (χ2n) is 7.36. The van der Waals surface area contributed by atoms with Crippen LogP contribution >= 0.6 is 0 Å². The van der Waals surface area contributed by atoms with Crippen molar-refractivity contribution in [2.24, 2.45) is 0 Å². The number of hydrogen-bond donors (Lipinski definition) is 1. The van der Waals surface area contributed by atoms with Crippen molar-refractivity contribution < 1.29 is 24.0 Å². The standard InChI is InChI=1S/C24H17FN2O5/c1-14-2-10-18(11-3-14)26-21(15-4-8-17(25)9-5-15)20(23(29)24(26)30)22(28)16-6-12-19(13-7-16)27(31)32/h2-13,21,28H,1H3/t21-/m1/s1. The molecule has 1 fully saturated rings. The highest BCUT2D eigenvalue weighted by atomic mass is 19.1. The Balaban J connectivity index is 1.90. The number of ketones is 1. The number of nitro groups is 1. The van der Waals surface area contributed by atoms with E-state index in [2.05, 4.69) is 0 Å². The SMILES string of the molecule is Cc1ccc(N2C(=O)C(=O)C(=C(O)c3ccc([N+](=O)[O-])cc3)[C@H]2c2ccc(F)cc2)cc1. The fourth-order valence-corrected chi connectivity index (χ4v) is 3.66. The number of non-ortho nitro benzene ring substituents is 1. The van der Waals surface area contributed by atoms with Crippen molar-refractivity contribution in [3.8, 4) is 0 Å². The maximum atomic E-state index is 13.6. The first kappa shape index (κ1) is 20.9. The molecule has 0 aromatic heterocycles. The third-order valence-electron chi connectivity index (χ3n) is 5.29. The van der Waals surface area contributed by atoms with Crippen LogP contribution in [0.2, 0.25) is 0 Å². The molecule has 3 aromatic carbocycles. The van der Waals surface area contributed by atoms with Crippen LogP contribution in [0.15, 0.2) is 78.4 Å². The summed E-state index contributed by atoms with van der Waals surface area (Å²) in [6.07, 6.45) is 0. The van der Waals surface area contributed by atoms with E-state index in [1.54, 1.807) is 24.3 Å². The van der Waals surface area contributed by atoms with E-state index in [1.807, 2.05) is 6.92 Å². The number of benzene rings is 3. The molecule has 8 heteroatoms. The summed E-state index contributed by atoms with van der Waals surface area (Å²) in [7, 11) is 0. The zero-order valence-electron chi connectivity index (χ0n) is 16.9. The van der Waals surface area contributed by atoms with Crippen molar-refractivity contribution in [2.45, 2.75) is 13.0 Å². The third kappa shape index (κ3) is 3.62. The van der Waals surface area contributed by atoms with E-state index < -0.39 is 34.2 Å². The van der Waals surface area contributed by atoms with Crippen LogP contribution in [0.3, 0.4) is 0 Å². The first-order valence-electron chi connectivity index (χ1n) is 9.66. The van der Waals surface area contributed by atoms with E-state index in [9.17, 15) is 29.2 Å². The minimum atomic E-state index is -1.01. The molecule has 160 valence electrons. The largest absolute Gasteiger partial charge is 0.507 e. The van der Waals surface area contributed by atoms with E-state index in [-0.39, 0.29) is 16.8 Å². The van der Waals surface area contributed by atoms with Crippen LogP contribution in [-0.2, 0) is 9.59 Å². The molecule has 32 heavy (non-hydrogen) atoms. The topological polar surface area (TPSA) is 101 Å². The second kappa shape index (κ2) is 8.07. The predicted molar refractivity (Wildman–Crippen MR) is 115 cm³/mol. The Morgan fingerprint density at radius 3 is 2.12 bits per heavy atom. The summed E-state index contributed by atoms with van der Waals surface area (Å²) >= 11 is 0. The number of aliphatic hydroxyl groups excluding tert-OH is 1. The summed E-state index contributed by atoms with van der Waals surface area (Å²) in [6, 6.07) is 16.2. The average Bonchev–Trinajstić information content (AvgIpc) is 3.05. The molecule has 0 bridgehead atoms. The van der Waals surface area contributed by atoms with Crippen LogP contribution in [0.5, 0.6) is 0 Å². The maximum absolute atomic E-state index is 13.6. The van der Waals surface area contributed by atoms with Gasteiger partial charge < -0.3 is 5.11 Å². The summed E-state index contributed by atoms with van der Waals surface area (Å²) in [5, 5.41) is 21.9. The van der Waals surface area contributed by atoms with Gasteiger partial charge in [-0.05, 0) is 48.9 Å². The molecule has 0 aliphatic carbocycles. The van der Waals surface area contributed by atoms with Crippen molar-refractivity contribution >= 4 is 28.8 Å². The molecule has 0 spiro atoms. The van der Waals surface area contributed by atoms with Gasteiger partial charge in [-0.3, -0.25) is 24.6 Å². The van der Waals surface area contributed by atoms with Crippen molar-refractivity contribution in [3.05, 3.63) is 111 Å². The van der Waals surface area contributed by atoms with Crippen molar-refractivity contribution in [1.29, 1.82) is 0 Å². The number of nitrogens with zero attached hydrogens (tertiary/aromatic N) is 2. The van der Waals surface area contributed by atoms with Crippen LogP contribution in [-0.4, -0.2) is 21.7 Å². The number of halogens is 1. The van der Waals surface area contributed by atoms with Gasteiger partial charge >= 0.3 is 0 Å².